The van der Waals surface area contributed by atoms with Crippen molar-refractivity contribution in [1.29, 1.82) is 0 Å². The topological polar surface area (TPSA) is 95.5 Å². The number of nitrogens with one attached hydrogen (secondary N) is 1. The minimum Gasteiger partial charge on any atom is -0.335 e. The zero-order chi connectivity index (χ0) is 19.6. The minimum atomic E-state index is -0.645. The zero-order valence-corrected chi connectivity index (χ0v) is 15.3. The lowest BCUT2D eigenvalue weighted by atomic mass is 10.1. The van der Waals surface area contributed by atoms with E-state index in [4.69, 9.17) is 0 Å². The van der Waals surface area contributed by atoms with Crippen LogP contribution in [0, 0.1) is 6.92 Å². The molecular weight excluding hydrogens is 348 g/mol. The molecule has 27 heavy (non-hydrogen) atoms. The molecule has 1 aliphatic rings. The second-order valence-corrected chi connectivity index (χ2v) is 6.75. The van der Waals surface area contributed by atoms with Crippen LogP contribution in [0.1, 0.15) is 18.1 Å². The molecule has 2 heterocycles. The summed E-state index contributed by atoms with van der Waals surface area (Å²) in [6, 6.07) is 8.56. The normalized spacial score (nSPS) is 17.3. The summed E-state index contributed by atoms with van der Waals surface area (Å²) in [5.41, 5.74) is 1.02. The van der Waals surface area contributed by atoms with Gasteiger partial charge in [-0.05, 0) is 19.4 Å². The molecule has 1 saturated heterocycles. The highest BCUT2D eigenvalue weighted by Gasteiger charge is 2.34. The molecule has 0 aliphatic carbocycles. The lowest BCUT2D eigenvalue weighted by molar-refractivity contribution is -0.151. The second kappa shape index (κ2) is 7.61. The summed E-state index contributed by atoms with van der Waals surface area (Å²) >= 11 is 0. The van der Waals surface area contributed by atoms with Gasteiger partial charge in [0.1, 0.15) is 12.6 Å². The molecular formula is C19H22N4O4. The molecule has 8 nitrogen and oxygen atoms in total. The van der Waals surface area contributed by atoms with Crippen molar-refractivity contribution in [1.82, 2.24) is 19.4 Å². The lowest BCUT2D eigenvalue weighted by Crippen LogP contribution is -2.58. The lowest BCUT2D eigenvalue weighted by Gasteiger charge is -2.39. The van der Waals surface area contributed by atoms with Crippen LogP contribution in [-0.2, 0) is 22.7 Å². The Kier molecular flexibility index (Phi) is 5.25. The third-order valence-corrected chi connectivity index (χ3v) is 4.73. The first kappa shape index (κ1) is 18.6. The molecule has 1 atom stereocenters. The van der Waals surface area contributed by atoms with Crippen molar-refractivity contribution in [3.8, 4) is 0 Å². The number of aromatic amines is 1. The number of carbonyl (C=O) groups excluding carboxylic acids is 2. The Morgan fingerprint density at radius 1 is 1.19 bits per heavy atom. The van der Waals surface area contributed by atoms with Gasteiger partial charge in [0.2, 0.25) is 11.8 Å². The van der Waals surface area contributed by atoms with Gasteiger partial charge in [-0.1, -0.05) is 29.8 Å². The zero-order valence-electron chi connectivity index (χ0n) is 15.3. The van der Waals surface area contributed by atoms with Crippen LogP contribution in [0.4, 0.5) is 0 Å². The maximum absolute atomic E-state index is 12.7. The minimum absolute atomic E-state index is 0.120. The van der Waals surface area contributed by atoms with E-state index >= 15 is 0 Å². The highest BCUT2D eigenvalue weighted by molar-refractivity contribution is 5.88. The van der Waals surface area contributed by atoms with Crippen molar-refractivity contribution in [2.75, 3.05) is 13.1 Å². The molecule has 1 aromatic heterocycles. The maximum atomic E-state index is 12.7. The standard InChI is InChI=1S/C19H22N4O4/c1-13-4-3-5-15(10-13)11-21-8-9-23(14(2)18(21)26)17(25)12-22-7-6-16(24)20-19(22)27/h3-7,10,14H,8-9,11-12H2,1-2H3,(H,20,24,27)/t14-/m0/s1. The average molecular weight is 370 g/mol. The van der Waals surface area contributed by atoms with Gasteiger partial charge in [0, 0.05) is 31.9 Å². The Labute approximate surface area is 156 Å². The van der Waals surface area contributed by atoms with E-state index in [1.165, 1.54) is 17.2 Å². The molecule has 0 radical (unpaired) electrons. The van der Waals surface area contributed by atoms with Gasteiger partial charge in [0.25, 0.3) is 5.56 Å². The number of H-pyrrole nitrogens is 1. The molecule has 1 N–H and O–H groups in total. The summed E-state index contributed by atoms with van der Waals surface area (Å²) in [5, 5.41) is 0. The van der Waals surface area contributed by atoms with Crippen molar-refractivity contribution < 1.29 is 9.59 Å². The van der Waals surface area contributed by atoms with Gasteiger partial charge in [0.05, 0.1) is 0 Å². The van der Waals surface area contributed by atoms with Crippen molar-refractivity contribution in [2.24, 2.45) is 0 Å². The maximum Gasteiger partial charge on any atom is 0.328 e. The van der Waals surface area contributed by atoms with E-state index in [0.717, 1.165) is 15.7 Å². The molecule has 1 fully saturated rings. The van der Waals surface area contributed by atoms with E-state index in [9.17, 15) is 19.2 Å². The fourth-order valence-corrected chi connectivity index (χ4v) is 3.26. The van der Waals surface area contributed by atoms with Crippen molar-refractivity contribution in [3.63, 3.8) is 0 Å². The molecule has 1 aromatic carbocycles. The number of piperazine rings is 1. The van der Waals surface area contributed by atoms with Gasteiger partial charge in [-0.3, -0.25) is 23.9 Å². The Morgan fingerprint density at radius 3 is 2.67 bits per heavy atom. The van der Waals surface area contributed by atoms with Gasteiger partial charge in [-0.2, -0.15) is 0 Å². The number of aromatic nitrogens is 2. The van der Waals surface area contributed by atoms with Gasteiger partial charge in [0.15, 0.2) is 0 Å². The van der Waals surface area contributed by atoms with Gasteiger partial charge >= 0.3 is 5.69 Å². The molecule has 3 rings (SSSR count). The number of amides is 2. The number of benzene rings is 1. The van der Waals surface area contributed by atoms with E-state index < -0.39 is 17.3 Å². The molecule has 2 aromatic rings. The fraction of sp³-hybridized carbons (Fsp3) is 0.368. The number of carbonyl (C=O) groups is 2. The number of nitrogens with zero attached hydrogens (tertiary/aromatic N) is 3. The predicted octanol–water partition coefficient (Wildman–Crippen LogP) is 0.105. The van der Waals surface area contributed by atoms with Crippen molar-refractivity contribution >= 4 is 11.8 Å². The third kappa shape index (κ3) is 4.16. The first-order valence-corrected chi connectivity index (χ1v) is 8.79. The Bertz CT molecular complexity index is 978. The van der Waals surface area contributed by atoms with Crippen LogP contribution >= 0.6 is 0 Å². The first-order chi connectivity index (χ1) is 12.8. The number of rotatable bonds is 4. The van der Waals surface area contributed by atoms with Crippen LogP contribution in [0.2, 0.25) is 0 Å². The summed E-state index contributed by atoms with van der Waals surface area (Å²) in [4.78, 5) is 53.5. The van der Waals surface area contributed by atoms with Crippen LogP contribution < -0.4 is 11.2 Å². The first-order valence-electron chi connectivity index (χ1n) is 8.79. The molecule has 0 spiro atoms. The molecule has 142 valence electrons. The molecule has 8 heteroatoms. The smallest absolute Gasteiger partial charge is 0.328 e. The quantitative estimate of drug-likeness (QED) is 0.826. The molecule has 0 saturated carbocycles. The second-order valence-electron chi connectivity index (χ2n) is 6.75. The summed E-state index contributed by atoms with van der Waals surface area (Å²) < 4.78 is 1.13. The van der Waals surface area contributed by atoms with Crippen LogP contribution in [0.3, 0.4) is 0 Å². The Hall–Kier alpha value is -3.16. The Balaban J connectivity index is 1.67. The molecule has 0 bridgehead atoms. The van der Waals surface area contributed by atoms with Gasteiger partial charge in [-0.25, -0.2) is 4.79 Å². The van der Waals surface area contributed by atoms with Crippen molar-refractivity contribution in [3.05, 3.63) is 68.5 Å². The third-order valence-electron chi connectivity index (χ3n) is 4.73. The summed E-state index contributed by atoms with van der Waals surface area (Å²) in [5.74, 6) is -0.454. The summed E-state index contributed by atoms with van der Waals surface area (Å²) in [6.07, 6.45) is 1.28. The van der Waals surface area contributed by atoms with Crippen LogP contribution in [0.15, 0.2) is 46.1 Å². The average Bonchev–Trinajstić information content (AvgIpc) is 2.61. The summed E-state index contributed by atoms with van der Waals surface area (Å²) in [7, 11) is 0. The highest BCUT2D eigenvalue weighted by atomic mass is 16.2. The Morgan fingerprint density at radius 2 is 1.96 bits per heavy atom. The molecule has 2 amide bonds. The van der Waals surface area contributed by atoms with Crippen LogP contribution in [-0.4, -0.2) is 50.3 Å². The monoisotopic (exact) mass is 370 g/mol. The summed E-state index contributed by atoms with van der Waals surface area (Å²) in [6.45, 7) is 4.82. The van der Waals surface area contributed by atoms with E-state index in [1.54, 1.807) is 11.8 Å². The fourth-order valence-electron chi connectivity index (χ4n) is 3.26. The van der Waals surface area contributed by atoms with Gasteiger partial charge in [-0.15, -0.1) is 0 Å². The highest BCUT2D eigenvalue weighted by Crippen LogP contribution is 2.16. The van der Waals surface area contributed by atoms with E-state index in [0.29, 0.717) is 19.6 Å². The predicted molar refractivity (Wildman–Crippen MR) is 99.1 cm³/mol. The largest absolute Gasteiger partial charge is 0.335 e. The van der Waals surface area contributed by atoms with E-state index in [1.807, 2.05) is 31.2 Å². The number of hydrogen-bond acceptors (Lipinski definition) is 4. The van der Waals surface area contributed by atoms with E-state index in [-0.39, 0.29) is 18.4 Å². The van der Waals surface area contributed by atoms with Crippen LogP contribution in [0.25, 0.3) is 0 Å². The van der Waals surface area contributed by atoms with Crippen molar-refractivity contribution in [2.45, 2.75) is 33.0 Å². The molecule has 1 aliphatic heterocycles. The number of hydrogen-bond donors (Lipinski definition) is 1. The molecule has 0 unspecified atom stereocenters. The van der Waals surface area contributed by atoms with Crippen LogP contribution in [0.5, 0.6) is 0 Å². The van der Waals surface area contributed by atoms with E-state index in [2.05, 4.69) is 4.98 Å². The van der Waals surface area contributed by atoms with Gasteiger partial charge < -0.3 is 9.80 Å². The number of aryl methyl sites for hydroxylation is 1. The SMILES string of the molecule is Cc1cccc(CN2CCN(C(=O)Cn3ccc(=O)[nH]c3=O)[C@@H](C)C2=O)c1.